The molecule has 0 radical (unpaired) electrons. The summed E-state index contributed by atoms with van der Waals surface area (Å²) in [6.07, 6.45) is 0. The van der Waals surface area contributed by atoms with Crippen LogP contribution in [-0.2, 0) is 9.53 Å². The van der Waals surface area contributed by atoms with Gasteiger partial charge in [0.2, 0.25) is 0 Å². The summed E-state index contributed by atoms with van der Waals surface area (Å²) in [5.74, 6) is -1.04. The molecule has 1 N–H and O–H groups in total. The number of hydrogen-bond acceptors (Lipinski definition) is 5. The van der Waals surface area contributed by atoms with E-state index < -0.39 is 11.9 Å². The lowest BCUT2D eigenvalue weighted by Crippen LogP contribution is -2.22. The van der Waals surface area contributed by atoms with Gasteiger partial charge >= 0.3 is 5.97 Å². The molecule has 5 nitrogen and oxygen atoms in total. The minimum absolute atomic E-state index is 0.162. The largest absolute Gasteiger partial charge is 0.451 e. The number of anilines is 1. The number of halogens is 1. The maximum absolute atomic E-state index is 12.2. The highest BCUT2D eigenvalue weighted by Crippen LogP contribution is 2.26. The van der Waals surface area contributed by atoms with Crippen molar-refractivity contribution >= 4 is 40.5 Å². The fourth-order valence-electron chi connectivity index (χ4n) is 2.51. The van der Waals surface area contributed by atoms with E-state index in [1.807, 2.05) is 44.2 Å². The molecule has 0 spiro atoms. The maximum atomic E-state index is 12.2. The fraction of sp³-hybridized carbons (Fsp3) is 0.150. The number of nitrogens with one attached hydrogen (secondary N) is 1. The minimum Gasteiger partial charge on any atom is -0.451 e. The zero-order chi connectivity index (χ0) is 19.4. The Morgan fingerprint density at radius 3 is 2.56 bits per heavy atom. The molecule has 2 aromatic carbocycles. The second kappa shape index (κ2) is 8.33. The van der Waals surface area contributed by atoms with Crippen molar-refractivity contribution in [3.8, 4) is 10.6 Å². The highest BCUT2D eigenvalue weighted by molar-refractivity contribution is 7.13. The molecule has 0 saturated heterocycles. The van der Waals surface area contributed by atoms with Crippen LogP contribution in [0.5, 0.6) is 0 Å². The van der Waals surface area contributed by atoms with Crippen LogP contribution in [0, 0.1) is 13.8 Å². The molecular formula is C20H17ClN2O3S. The van der Waals surface area contributed by atoms with Crippen LogP contribution in [0.2, 0.25) is 5.02 Å². The topological polar surface area (TPSA) is 68.3 Å². The van der Waals surface area contributed by atoms with Crippen LogP contribution in [-0.4, -0.2) is 23.5 Å². The van der Waals surface area contributed by atoms with Gasteiger partial charge in [0.1, 0.15) is 5.01 Å². The van der Waals surface area contributed by atoms with Crippen molar-refractivity contribution in [1.29, 1.82) is 0 Å². The second-order valence-corrected chi connectivity index (χ2v) is 7.23. The van der Waals surface area contributed by atoms with Crippen molar-refractivity contribution in [3.05, 3.63) is 69.7 Å². The van der Waals surface area contributed by atoms with E-state index in [0.29, 0.717) is 10.0 Å². The Bertz CT molecular complexity index is 980. The van der Waals surface area contributed by atoms with Gasteiger partial charge in [0, 0.05) is 21.7 Å². The molecule has 1 amide bonds. The lowest BCUT2D eigenvalue weighted by atomic mass is 10.1. The molecule has 3 aromatic rings. The Morgan fingerprint density at radius 2 is 1.85 bits per heavy atom. The summed E-state index contributed by atoms with van der Waals surface area (Å²) in [5, 5.41) is 5.62. The average Bonchev–Trinajstić information content (AvgIpc) is 3.13. The SMILES string of the molecule is Cc1cccc(C)c1NC(=O)COC(=O)c1csc(-c2cccc(Cl)c2)n1. The van der Waals surface area contributed by atoms with Crippen molar-refractivity contribution in [2.45, 2.75) is 13.8 Å². The number of para-hydroxylation sites is 1. The number of aromatic nitrogens is 1. The van der Waals surface area contributed by atoms with Gasteiger partial charge in [-0.2, -0.15) is 0 Å². The van der Waals surface area contributed by atoms with E-state index in [2.05, 4.69) is 10.3 Å². The maximum Gasteiger partial charge on any atom is 0.358 e. The van der Waals surface area contributed by atoms with E-state index in [1.54, 1.807) is 17.5 Å². The molecule has 0 fully saturated rings. The molecule has 0 aliphatic rings. The summed E-state index contributed by atoms with van der Waals surface area (Å²) in [7, 11) is 0. The molecule has 27 heavy (non-hydrogen) atoms. The third-order valence-corrected chi connectivity index (χ3v) is 4.99. The third kappa shape index (κ3) is 4.72. The molecule has 138 valence electrons. The second-order valence-electron chi connectivity index (χ2n) is 5.94. The molecule has 7 heteroatoms. The van der Waals surface area contributed by atoms with E-state index in [9.17, 15) is 9.59 Å². The van der Waals surface area contributed by atoms with Crippen LogP contribution in [0.4, 0.5) is 5.69 Å². The Balaban J connectivity index is 1.60. The molecule has 0 aliphatic heterocycles. The number of esters is 1. The number of benzene rings is 2. The molecule has 0 saturated carbocycles. The van der Waals surface area contributed by atoms with Gasteiger partial charge in [0.15, 0.2) is 12.3 Å². The van der Waals surface area contributed by atoms with Crippen molar-refractivity contribution < 1.29 is 14.3 Å². The zero-order valence-corrected chi connectivity index (χ0v) is 16.4. The summed E-state index contributed by atoms with van der Waals surface area (Å²) >= 11 is 7.29. The van der Waals surface area contributed by atoms with Crippen molar-refractivity contribution in [2.75, 3.05) is 11.9 Å². The smallest absolute Gasteiger partial charge is 0.358 e. The van der Waals surface area contributed by atoms with Gasteiger partial charge in [-0.25, -0.2) is 9.78 Å². The number of ether oxygens (including phenoxy) is 1. The summed E-state index contributed by atoms with van der Waals surface area (Å²) in [6, 6.07) is 12.9. The molecule has 3 rings (SSSR count). The summed E-state index contributed by atoms with van der Waals surface area (Å²) in [5.41, 5.74) is 3.60. The van der Waals surface area contributed by atoms with Gasteiger partial charge in [0.05, 0.1) is 0 Å². The fourth-order valence-corrected chi connectivity index (χ4v) is 3.49. The van der Waals surface area contributed by atoms with Crippen molar-refractivity contribution in [3.63, 3.8) is 0 Å². The van der Waals surface area contributed by atoms with Gasteiger partial charge in [-0.1, -0.05) is 41.9 Å². The highest BCUT2D eigenvalue weighted by Gasteiger charge is 2.16. The molecular weight excluding hydrogens is 384 g/mol. The van der Waals surface area contributed by atoms with E-state index in [4.69, 9.17) is 16.3 Å². The predicted octanol–water partition coefficient (Wildman–Crippen LogP) is 4.88. The van der Waals surface area contributed by atoms with Crippen LogP contribution in [0.1, 0.15) is 21.6 Å². The van der Waals surface area contributed by atoms with E-state index in [1.165, 1.54) is 11.3 Å². The summed E-state index contributed by atoms with van der Waals surface area (Å²) < 4.78 is 5.08. The molecule has 0 atom stereocenters. The number of aryl methyl sites for hydroxylation is 2. The van der Waals surface area contributed by atoms with E-state index in [0.717, 1.165) is 22.4 Å². The van der Waals surface area contributed by atoms with Crippen LogP contribution in [0.25, 0.3) is 10.6 Å². The van der Waals surface area contributed by atoms with Gasteiger partial charge in [-0.15, -0.1) is 11.3 Å². The van der Waals surface area contributed by atoms with Crippen LogP contribution in [0.3, 0.4) is 0 Å². The summed E-state index contributed by atoms with van der Waals surface area (Å²) in [6.45, 7) is 3.43. The average molecular weight is 401 g/mol. The van der Waals surface area contributed by atoms with Gasteiger partial charge in [0.25, 0.3) is 5.91 Å². The number of rotatable bonds is 5. The van der Waals surface area contributed by atoms with Gasteiger partial charge in [-0.3, -0.25) is 4.79 Å². The third-order valence-electron chi connectivity index (χ3n) is 3.86. The first-order valence-electron chi connectivity index (χ1n) is 8.18. The first-order chi connectivity index (χ1) is 12.9. The highest BCUT2D eigenvalue weighted by atomic mass is 35.5. The first-order valence-corrected chi connectivity index (χ1v) is 9.44. The lowest BCUT2D eigenvalue weighted by molar-refractivity contribution is -0.119. The van der Waals surface area contributed by atoms with Crippen LogP contribution in [0.15, 0.2) is 47.8 Å². The number of thiazole rings is 1. The molecule has 1 heterocycles. The molecule has 1 aromatic heterocycles. The van der Waals surface area contributed by atoms with E-state index in [-0.39, 0.29) is 12.3 Å². The Hall–Kier alpha value is -2.70. The Labute approximate surface area is 166 Å². The standard InChI is InChI=1S/C20H17ClN2O3S/c1-12-5-3-6-13(2)18(12)23-17(24)10-26-20(25)16-11-27-19(22-16)14-7-4-8-15(21)9-14/h3-9,11H,10H2,1-2H3,(H,23,24). The minimum atomic E-state index is -0.642. The quantitative estimate of drug-likeness (QED) is 0.620. The number of carbonyl (C=O) groups is 2. The predicted molar refractivity (Wildman–Crippen MR) is 107 cm³/mol. The van der Waals surface area contributed by atoms with E-state index >= 15 is 0 Å². The number of hydrogen-bond donors (Lipinski definition) is 1. The van der Waals surface area contributed by atoms with Crippen LogP contribution >= 0.6 is 22.9 Å². The van der Waals surface area contributed by atoms with Crippen molar-refractivity contribution in [1.82, 2.24) is 4.98 Å². The number of nitrogens with zero attached hydrogens (tertiary/aromatic N) is 1. The number of amides is 1. The Kier molecular flexibility index (Phi) is 5.88. The lowest BCUT2D eigenvalue weighted by Gasteiger charge is -2.11. The van der Waals surface area contributed by atoms with Gasteiger partial charge < -0.3 is 10.1 Å². The van der Waals surface area contributed by atoms with Crippen molar-refractivity contribution in [2.24, 2.45) is 0 Å². The Morgan fingerprint density at radius 1 is 1.15 bits per heavy atom. The van der Waals surface area contributed by atoms with Gasteiger partial charge in [-0.05, 0) is 37.1 Å². The molecule has 0 unspecified atom stereocenters. The zero-order valence-electron chi connectivity index (χ0n) is 14.8. The monoisotopic (exact) mass is 400 g/mol. The van der Waals surface area contributed by atoms with Crippen LogP contribution < -0.4 is 5.32 Å². The molecule has 0 bridgehead atoms. The summed E-state index contributed by atoms with van der Waals surface area (Å²) in [4.78, 5) is 28.5. The normalized spacial score (nSPS) is 10.5. The first kappa shape index (κ1) is 19.1. The molecule has 0 aliphatic carbocycles. The number of carbonyl (C=O) groups excluding carboxylic acids is 2.